The van der Waals surface area contributed by atoms with E-state index in [0.717, 1.165) is 9.87 Å². The Kier molecular flexibility index (Phi) is 7.37. The van der Waals surface area contributed by atoms with Crippen molar-refractivity contribution in [2.45, 2.75) is 17.9 Å². The molecule has 0 bridgehead atoms. The van der Waals surface area contributed by atoms with Crippen LogP contribution in [0.2, 0.25) is 5.02 Å². The average molecular weight is 517 g/mol. The lowest BCUT2D eigenvalue weighted by atomic mass is 10.2. The molecule has 1 amide bonds. The number of rotatable bonds is 8. The first-order chi connectivity index (χ1) is 16.8. The number of amides is 1. The number of nitrogens with one attached hydrogen (secondary N) is 1. The van der Waals surface area contributed by atoms with E-state index in [-0.39, 0.29) is 28.8 Å². The topological polar surface area (TPSA) is 94.2 Å². The number of aryl methyl sites for hydroxylation is 1. The van der Waals surface area contributed by atoms with Gasteiger partial charge in [0.05, 0.1) is 29.3 Å². The molecule has 35 heavy (non-hydrogen) atoms. The molecule has 0 saturated heterocycles. The van der Waals surface area contributed by atoms with Gasteiger partial charge in [-0.25, -0.2) is 8.42 Å². The molecule has 0 unspecified atom stereocenters. The summed E-state index contributed by atoms with van der Waals surface area (Å²) in [5, 5.41) is 2.97. The standard InChI is InChI=1S/C25H25ClN2O6S/c1-17-7-10-20(11-8-17)35(30,31)28(18-9-12-22(32-2)21(26)13-18)15-25(29)27-14-19-16-33-23-5-3-4-6-24(23)34-19/h3-13,19H,14-16H2,1-2H3,(H,27,29)/t19-/m0/s1. The van der Waals surface area contributed by atoms with Gasteiger partial charge in [0.25, 0.3) is 10.0 Å². The highest BCUT2D eigenvalue weighted by Gasteiger charge is 2.28. The number of anilines is 1. The van der Waals surface area contributed by atoms with E-state index in [1.54, 1.807) is 36.4 Å². The van der Waals surface area contributed by atoms with E-state index >= 15 is 0 Å². The van der Waals surface area contributed by atoms with Crippen molar-refractivity contribution < 1.29 is 27.4 Å². The minimum Gasteiger partial charge on any atom is -0.495 e. The van der Waals surface area contributed by atoms with Crippen LogP contribution in [0.15, 0.2) is 71.6 Å². The third kappa shape index (κ3) is 5.63. The molecular formula is C25H25ClN2O6S. The highest BCUT2D eigenvalue weighted by Crippen LogP contribution is 2.32. The zero-order valence-electron chi connectivity index (χ0n) is 19.2. The lowest BCUT2D eigenvalue weighted by molar-refractivity contribution is -0.120. The summed E-state index contributed by atoms with van der Waals surface area (Å²) in [5.41, 5.74) is 1.15. The van der Waals surface area contributed by atoms with E-state index in [0.29, 0.717) is 17.2 Å². The van der Waals surface area contributed by atoms with Crippen LogP contribution in [0.25, 0.3) is 0 Å². The van der Waals surface area contributed by atoms with Crippen LogP contribution in [0.1, 0.15) is 5.56 Å². The van der Waals surface area contributed by atoms with Gasteiger partial charge in [0.1, 0.15) is 25.0 Å². The second-order valence-electron chi connectivity index (χ2n) is 7.95. The molecule has 3 aromatic rings. The minimum atomic E-state index is -4.07. The molecule has 10 heteroatoms. The van der Waals surface area contributed by atoms with Crippen LogP contribution in [-0.2, 0) is 14.8 Å². The second-order valence-corrected chi connectivity index (χ2v) is 10.2. The van der Waals surface area contributed by atoms with Crippen LogP contribution in [-0.4, -0.2) is 47.2 Å². The van der Waals surface area contributed by atoms with E-state index in [1.807, 2.05) is 19.1 Å². The van der Waals surface area contributed by atoms with Crippen LogP contribution >= 0.6 is 11.6 Å². The van der Waals surface area contributed by atoms with Gasteiger partial charge in [-0.05, 0) is 49.4 Å². The van der Waals surface area contributed by atoms with E-state index in [9.17, 15) is 13.2 Å². The van der Waals surface area contributed by atoms with Crippen LogP contribution < -0.4 is 23.8 Å². The number of ether oxygens (including phenoxy) is 3. The van der Waals surface area contributed by atoms with Gasteiger partial charge < -0.3 is 19.5 Å². The van der Waals surface area contributed by atoms with Crippen LogP contribution in [0.3, 0.4) is 0 Å². The number of carbonyl (C=O) groups is 1. The number of carbonyl (C=O) groups excluding carboxylic acids is 1. The summed E-state index contributed by atoms with van der Waals surface area (Å²) in [4.78, 5) is 12.9. The summed E-state index contributed by atoms with van der Waals surface area (Å²) in [5.74, 6) is 1.12. The quantitative estimate of drug-likeness (QED) is 0.489. The summed E-state index contributed by atoms with van der Waals surface area (Å²) in [6.07, 6.45) is -0.411. The first kappa shape index (κ1) is 24.7. The highest BCUT2D eigenvalue weighted by molar-refractivity contribution is 7.92. The maximum absolute atomic E-state index is 13.5. The first-order valence-corrected chi connectivity index (χ1v) is 12.7. The largest absolute Gasteiger partial charge is 0.495 e. The van der Waals surface area contributed by atoms with Gasteiger partial charge >= 0.3 is 0 Å². The van der Waals surface area contributed by atoms with Crippen molar-refractivity contribution in [3.63, 3.8) is 0 Å². The van der Waals surface area contributed by atoms with Gasteiger partial charge in [0, 0.05) is 0 Å². The molecule has 3 aromatic carbocycles. The Morgan fingerprint density at radius 3 is 2.51 bits per heavy atom. The fourth-order valence-corrected chi connectivity index (χ4v) is 5.21. The number of hydrogen-bond acceptors (Lipinski definition) is 6. The molecule has 1 heterocycles. The summed E-state index contributed by atoms with van der Waals surface area (Å²) < 4.78 is 44.7. The maximum Gasteiger partial charge on any atom is 0.264 e. The average Bonchev–Trinajstić information content (AvgIpc) is 2.86. The fraction of sp³-hybridized carbons (Fsp3) is 0.240. The number of sulfonamides is 1. The molecule has 1 N–H and O–H groups in total. The third-order valence-corrected chi connectivity index (χ3v) is 7.50. The molecular weight excluding hydrogens is 492 g/mol. The SMILES string of the molecule is COc1ccc(N(CC(=O)NC[C@H]2COc3ccccc3O2)S(=O)(=O)c2ccc(C)cc2)cc1Cl. The van der Waals surface area contributed by atoms with Crippen molar-refractivity contribution in [2.75, 3.05) is 31.1 Å². The van der Waals surface area contributed by atoms with Gasteiger partial charge in [-0.3, -0.25) is 9.10 Å². The van der Waals surface area contributed by atoms with Gasteiger partial charge in [0.15, 0.2) is 11.5 Å². The molecule has 1 atom stereocenters. The van der Waals surface area contributed by atoms with Gasteiger partial charge in [0.2, 0.25) is 5.91 Å². The molecule has 4 rings (SSSR count). The number of methoxy groups -OCH3 is 1. The number of fused-ring (bicyclic) bond motifs is 1. The molecule has 0 spiro atoms. The molecule has 8 nitrogen and oxygen atoms in total. The lowest BCUT2D eigenvalue weighted by Crippen LogP contribution is -2.45. The molecule has 0 aliphatic carbocycles. The Labute approximate surface area is 209 Å². The molecule has 1 aliphatic rings. The van der Waals surface area contributed by atoms with Crippen molar-refractivity contribution in [1.82, 2.24) is 5.32 Å². The molecule has 0 fully saturated rings. The fourth-order valence-electron chi connectivity index (χ4n) is 3.54. The van der Waals surface area contributed by atoms with E-state index in [1.165, 1.54) is 25.3 Å². The molecule has 184 valence electrons. The Morgan fingerprint density at radius 2 is 1.83 bits per heavy atom. The van der Waals surface area contributed by atoms with Crippen LogP contribution in [0.5, 0.6) is 17.2 Å². The molecule has 0 aromatic heterocycles. The Morgan fingerprint density at radius 1 is 1.11 bits per heavy atom. The maximum atomic E-state index is 13.5. The third-order valence-electron chi connectivity index (χ3n) is 5.41. The van der Waals surface area contributed by atoms with Gasteiger partial charge in [-0.15, -0.1) is 0 Å². The molecule has 0 saturated carbocycles. The molecule has 1 aliphatic heterocycles. The van der Waals surface area contributed by atoms with Crippen molar-refractivity contribution in [2.24, 2.45) is 0 Å². The van der Waals surface area contributed by atoms with Crippen molar-refractivity contribution >= 4 is 33.2 Å². The lowest BCUT2D eigenvalue weighted by Gasteiger charge is -2.27. The summed E-state index contributed by atoms with van der Waals surface area (Å²) in [6.45, 7) is 1.81. The van der Waals surface area contributed by atoms with Crippen molar-refractivity contribution in [3.8, 4) is 17.2 Å². The predicted octanol–water partition coefficient (Wildman–Crippen LogP) is 3.81. The smallest absolute Gasteiger partial charge is 0.264 e. The number of nitrogens with zero attached hydrogens (tertiary/aromatic N) is 1. The summed E-state index contributed by atoms with van der Waals surface area (Å²) in [7, 11) is -2.61. The first-order valence-electron chi connectivity index (χ1n) is 10.9. The number of hydrogen-bond donors (Lipinski definition) is 1. The zero-order valence-corrected chi connectivity index (χ0v) is 20.8. The van der Waals surface area contributed by atoms with E-state index in [2.05, 4.69) is 5.32 Å². The van der Waals surface area contributed by atoms with E-state index < -0.39 is 28.6 Å². The van der Waals surface area contributed by atoms with Crippen molar-refractivity contribution in [1.29, 1.82) is 0 Å². The molecule has 0 radical (unpaired) electrons. The van der Waals surface area contributed by atoms with Crippen molar-refractivity contribution in [3.05, 3.63) is 77.3 Å². The second kappa shape index (κ2) is 10.5. The number of para-hydroxylation sites is 2. The number of benzene rings is 3. The van der Waals surface area contributed by atoms with Crippen LogP contribution in [0.4, 0.5) is 5.69 Å². The summed E-state index contributed by atoms with van der Waals surface area (Å²) >= 11 is 6.25. The predicted molar refractivity (Wildman–Crippen MR) is 133 cm³/mol. The summed E-state index contributed by atoms with van der Waals surface area (Å²) in [6, 6.07) is 18.2. The van der Waals surface area contributed by atoms with Gasteiger partial charge in [-0.2, -0.15) is 0 Å². The highest BCUT2D eigenvalue weighted by atomic mass is 35.5. The van der Waals surface area contributed by atoms with E-state index in [4.69, 9.17) is 25.8 Å². The normalized spacial score (nSPS) is 14.8. The Bertz CT molecular complexity index is 1310. The minimum absolute atomic E-state index is 0.0588. The zero-order chi connectivity index (χ0) is 25.0. The Balaban J connectivity index is 1.53. The Hall–Kier alpha value is -3.43. The monoisotopic (exact) mass is 516 g/mol. The van der Waals surface area contributed by atoms with Crippen LogP contribution in [0, 0.1) is 6.92 Å². The number of halogens is 1. The van der Waals surface area contributed by atoms with Gasteiger partial charge in [-0.1, -0.05) is 41.4 Å².